The first-order valence-electron chi connectivity index (χ1n) is 1.81. The van der Waals surface area contributed by atoms with Gasteiger partial charge in [-0.15, -0.1) is 0 Å². The highest BCUT2D eigenvalue weighted by Gasteiger charge is 1.77. The molecule has 0 aromatic heterocycles. The molecule has 0 unspecified atom stereocenters. The zero-order chi connectivity index (χ0) is 4.28. The van der Waals surface area contributed by atoms with Crippen LogP contribution in [-0.4, -0.2) is 18.7 Å². The van der Waals surface area contributed by atoms with Crippen molar-refractivity contribution in [3.63, 3.8) is 0 Å². The average Bonchev–Trinajstić information content (AvgIpc) is 1.38. The van der Waals surface area contributed by atoms with Crippen molar-refractivity contribution in [2.24, 2.45) is 0 Å². The zero-order valence-electron chi connectivity index (χ0n) is 4.12. The van der Waals surface area contributed by atoms with Gasteiger partial charge in [0.2, 0.25) is 0 Å². The Hall–Kier alpha value is 0.350. The van der Waals surface area contributed by atoms with E-state index in [0.717, 1.165) is 0 Å². The monoisotopic (exact) mass is 78.0 g/mol. The fraction of sp³-hybridized carbons (Fsp3) is 1.00. The molecule has 0 spiro atoms. The summed E-state index contributed by atoms with van der Waals surface area (Å²) in [5.74, 6) is 0. The van der Waals surface area contributed by atoms with E-state index in [1.807, 2.05) is 0 Å². The highest BCUT2D eigenvalue weighted by atomic mass is 32.2. The van der Waals surface area contributed by atoms with E-state index in [1.54, 1.807) is 0 Å². The van der Waals surface area contributed by atoms with Crippen molar-refractivity contribution in [3.8, 4) is 0 Å². The molecule has 0 fully saturated rings. The molecular formula is C3H9S+. The Labute approximate surface area is 32.0 Å². The van der Waals surface area contributed by atoms with Crippen LogP contribution in [0.3, 0.4) is 0 Å². The van der Waals surface area contributed by atoms with Crippen LogP contribution in [0.25, 0.3) is 0 Å². The minimum atomic E-state index is 0.344. The van der Waals surface area contributed by atoms with Crippen LogP contribution in [0.5, 0.6) is 0 Å². The molecule has 0 atom stereocenters. The Morgan fingerprint density at radius 3 is 2.00 bits per heavy atom. The third-order valence-corrected chi connectivity index (χ3v) is 0. The molecule has 26 valence electrons. The Morgan fingerprint density at radius 2 is 2.00 bits per heavy atom. The first-order chi connectivity index (χ1) is 2.27. The Bertz CT molecular complexity index is 20.9. The molecule has 0 rings (SSSR count). The van der Waals surface area contributed by atoms with Crippen molar-refractivity contribution in [1.82, 2.24) is 0 Å². The van der Waals surface area contributed by atoms with Gasteiger partial charge < -0.3 is 0 Å². The van der Waals surface area contributed by atoms with Gasteiger partial charge in [-0.25, -0.2) is 0 Å². The summed E-state index contributed by atoms with van der Waals surface area (Å²) in [7, 11) is 0.344. The van der Waals surface area contributed by atoms with Crippen molar-refractivity contribution in [1.29, 1.82) is 0 Å². The Morgan fingerprint density at radius 1 is 1.75 bits per heavy atom. The molecule has 0 saturated carbocycles. The highest BCUT2D eigenvalue weighted by Crippen LogP contribution is 1.63. The van der Waals surface area contributed by atoms with Crippen LogP contribution in [0.15, 0.2) is 0 Å². The summed E-state index contributed by atoms with van der Waals surface area (Å²) in [6, 6.07) is 0. The van der Waals surface area contributed by atoms with Crippen LogP contribution in [0.2, 0.25) is 0 Å². The molecule has 0 amide bonds. The van der Waals surface area contributed by atoms with E-state index in [2.05, 4.69) is 12.5 Å². The van der Waals surface area contributed by atoms with Gasteiger partial charge in [-0.1, -0.05) is 0 Å². The van der Waals surface area contributed by atoms with Gasteiger partial charge in [-0.3, -0.25) is 0 Å². The molecule has 4 heavy (non-hydrogen) atoms. The molecule has 0 aromatic rings. The zero-order valence-corrected chi connectivity index (χ0v) is 3.93. The van der Waals surface area contributed by atoms with Gasteiger partial charge in [0.05, 0.1) is 20.1 Å². The molecule has 0 aliphatic carbocycles. The second kappa shape index (κ2) is 1.65. The fourth-order valence-corrected chi connectivity index (χ4v) is 0. The van der Waals surface area contributed by atoms with Crippen LogP contribution in [0.4, 0.5) is 0 Å². The minimum Gasteiger partial charge on any atom is -0.0219 e. The molecule has 0 saturated heterocycles. The highest BCUT2D eigenvalue weighted by molar-refractivity contribution is 7.94. The number of hydrogen-bond donors (Lipinski definition) is 0. The van der Waals surface area contributed by atoms with E-state index in [-0.39, 0.29) is 0 Å². The van der Waals surface area contributed by atoms with Crippen molar-refractivity contribution in [2.75, 3.05) is 18.7 Å². The normalized spacial score (nSPS) is 12.2. The van der Waals surface area contributed by atoms with Crippen LogP contribution in [-0.2, 0) is 10.9 Å². The molecule has 0 bridgehead atoms. The van der Waals surface area contributed by atoms with Crippen molar-refractivity contribution < 1.29 is 1.37 Å². The van der Waals surface area contributed by atoms with Gasteiger partial charge in [0, 0.05) is 0 Å². The summed E-state index contributed by atoms with van der Waals surface area (Å²) in [5.41, 5.74) is 0. The molecule has 1 heteroatoms. The standard InChI is InChI=1S/C3H9S/c1-4(2)3/h1-3H3/q+1/i1D. The lowest BCUT2D eigenvalue weighted by Gasteiger charge is -1.69. The molecule has 0 heterocycles. The van der Waals surface area contributed by atoms with E-state index in [1.165, 1.54) is 0 Å². The average molecular weight is 78.2 g/mol. The summed E-state index contributed by atoms with van der Waals surface area (Å²) < 4.78 is 6.67. The summed E-state index contributed by atoms with van der Waals surface area (Å²) in [6.07, 6.45) is 4.71. The molecule has 0 N–H and O–H groups in total. The lowest BCUT2D eigenvalue weighted by Crippen LogP contribution is -1.84. The fourth-order valence-electron chi connectivity index (χ4n) is 0. The van der Waals surface area contributed by atoms with Gasteiger partial charge in [-0.05, 0) is 10.9 Å². The van der Waals surface area contributed by atoms with E-state index in [0.29, 0.717) is 17.1 Å². The molecule has 0 aromatic carbocycles. The van der Waals surface area contributed by atoms with Crippen molar-refractivity contribution >= 4 is 10.9 Å². The van der Waals surface area contributed by atoms with Crippen molar-refractivity contribution in [3.05, 3.63) is 0 Å². The van der Waals surface area contributed by atoms with Crippen LogP contribution in [0.1, 0.15) is 1.37 Å². The second-order valence-corrected chi connectivity index (χ2v) is 2.96. The third-order valence-electron chi connectivity index (χ3n) is 0. The van der Waals surface area contributed by atoms with Gasteiger partial charge in [0.25, 0.3) is 0 Å². The van der Waals surface area contributed by atoms with Crippen LogP contribution >= 0.6 is 0 Å². The molecule has 0 aliphatic rings. The summed E-state index contributed by atoms with van der Waals surface area (Å²) in [5, 5.41) is 0. The first-order valence-corrected chi connectivity index (χ1v) is 3.32. The topological polar surface area (TPSA) is 0 Å². The Balaban J connectivity index is 2.54. The largest absolute Gasteiger partial charge is 0.0969 e. The summed E-state index contributed by atoms with van der Waals surface area (Å²) in [4.78, 5) is 0. The lowest BCUT2D eigenvalue weighted by atomic mass is 11.9. The predicted octanol–water partition coefficient (Wildman–Crippen LogP) is 0.494. The summed E-state index contributed by atoms with van der Waals surface area (Å²) in [6.45, 7) is 0. The number of rotatable bonds is 0. The lowest BCUT2D eigenvalue weighted by molar-refractivity contribution is 2.18. The SMILES string of the molecule is [2H]C[S+](C)C. The van der Waals surface area contributed by atoms with E-state index >= 15 is 0 Å². The smallest absolute Gasteiger partial charge is 0.0219 e. The summed E-state index contributed by atoms with van der Waals surface area (Å²) >= 11 is 0. The van der Waals surface area contributed by atoms with Crippen LogP contribution < -0.4 is 0 Å². The van der Waals surface area contributed by atoms with Gasteiger partial charge in [0.15, 0.2) is 0 Å². The van der Waals surface area contributed by atoms with Gasteiger partial charge in [0.1, 0.15) is 0 Å². The maximum Gasteiger partial charge on any atom is 0.0969 e. The van der Waals surface area contributed by atoms with E-state index in [4.69, 9.17) is 1.37 Å². The van der Waals surface area contributed by atoms with Gasteiger partial charge >= 0.3 is 0 Å². The first kappa shape index (κ1) is 2.58. The maximum absolute atomic E-state index is 6.67. The number of hydrogen-bond acceptors (Lipinski definition) is 0. The van der Waals surface area contributed by atoms with Gasteiger partial charge in [-0.2, -0.15) is 0 Å². The quantitative estimate of drug-likeness (QED) is 0.370. The molecule has 0 nitrogen and oxygen atoms in total. The van der Waals surface area contributed by atoms with E-state index in [9.17, 15) is 0 Å². The maximum atomic E-state index is 6.67. The van der Waals surface area contributed by atoms with Crippen LogP contribution in [0, 0.1) is 0 Å². The van der Waals surface area contributed by atoms with E-state index < -0.39 is 0 Å². The third kappa shape index (κ3) is 35.0. The molecule has 0 radical (unpaired) electrons. The predicted molar refractivity (Wildman–Crippen MR) is 25.1 cm³/mol. The van der Waals surface area contributed by atoms with Crippen molar-refractivity contribution in [2.45, 2.75) is 0 Å². The minimum absolute atomic E-state index is 0.344. The second-order valence-electron chi connectivity index (χ2n) is 0.986. The Kier molecular flexibility index (Phi) is 1.06. The molecular weight excluding hydrogens is 68.1 g/mol. The molecule has 0 aliphatic heterocycles.